The van der Waals surface area contributed by atoms with E-state index in [4.69, 9.17) is 9.47 Å². The number of halogens is 1. The Labute approximate surface area is 239 Å². The van der Waals surface area contributed by atoms with Crippen LogP contribution in [0.5, 0.6) is 17.2 Å². The number of rotatable bonds is 7. The van der Waals surface area contributed by atoms with Gasteiger partial charge in [-0.15, -0.1) is 0 Å². The molecule has 1 aromatic heterocycles. The molecule has 0 spiro atoms. The van der Waals surface area contributed by atoms with Gasteiger partial charge in [0, 0.05) is 49.4 Å². The number of hydrogen-bond acceptors (Lipinski definition) is 6. The summed E-state index contributed by atoms with van der Waals surface area (Å²) < 4.78 is 28.4. The molecule has 9 heteroatoms. The first-order valence-corrected chi connectivity index (χ1v) is 14.2. The molecule has 218 valence electrons. The summed E-state index contributed by atoms with van der Waals surface area (Å²) in [5, 5.41) is 12.6. The van der Waals surface area contributed by atoms with Crippen molar-refractivity contribution in [1.82, 2.24) is 15.0 Å². The molecule has 0 atom stereocenters. The SMILES string of the molecule is Cc1cc(F)cc(C)c1Oc1ccc(C(C)(C)O)cc1-c1cn(C)c(=O)cc1OC1CCC(N2NCCC2=O)CC1. The summed E-state index contributed by atoms with van der Waals surface area (Å²) in [4.78, 5) is 25.0. The molecule has 5 rings (SSSR count). The molecular formula is C32H38FN3O5. The Hall–Kier alpha value is -3.69. The fourth-order valence-electron chi connectivity index (χ4n) is 5.72. The van der Waals surface area contributed by atoms with E-state index in [-0.39, 0.29) is 29.4 Å². The number of aliphatic hydroxyl groups is 1. The van der Waals surface area contributed by atoms with Gasteiger partial charge in [0.25, 0.3) is 5.56 Å². The lowest BCUT2D eigenvalue weighted by atomic mass is 9.92. The highest BCUT2D eigenvalue weighted by atomic mass is 19.1. The van der Waals surface area contributed by atoms with Gasteiger partial charge >= 0.3 is 0 Å². The second-order valence-electron chi connectivity index (χ2n) is 11.7. The number of ether oxygens (including phenoxy) is 2. The predicted molar refractivity (Wildman–Crippen MR) is 154 cm³/mol. The maximum atomic E-state index is 14.0. The lowest BCUT2D eigenvalue weighted by Gasteiger charge is -2.34. The first kappa shape index (κ1) is 28.8. The summed E-state index contributed by atoms with van der Waals surface area (Å²) in [6.45, 7) is 7.67. The fourth-order valence-corrected chi connectivity index (χ4v) is 5.72. The lowest BCUT2D eigenvalue weighted by molar-refractivity contribution is -0.133. The van der Waals surface area contributed by atoms with Crippen LogP contribution in [0.15, 0.2) is 47.4 Å². The summed E-state index contributed by atoms with van der Waals surface area (Å²) in [7, 11) is 1.68. The van der Waals surface area contributed by atoms with Crippen LogP contribution in [0, 0.1) is 19.7 Å². The molecule has 41 heavy (non-hydrogen) atoms. The highest BCUT2D eigenvalue weighted by molar-refractivity contribution is 5.78. The highest BCUT2D eigenvalue weighted by Crippen LogP contribution is 2.42. The Kier molecular flexibility index (Phi) is 7.94. The summed E-state index contributed by atoms with van der Waals surface area (Å²) >= 11 is 0. The van der Waals surface area contributed by atoms with E-state index in [1.807, 2.05) is 6.07 Å². The Bertz CT molecular complexity index is 1500. The summed E-state index contributed by atoms with van der Waals surface area (Å²) in [5.74, 6) is 1.26. The Balaban J connectivity index is 1.51. The van der Waals surface area contributed by atoms with Crippen molar-refractivity contribution in [2.45, 2.75) is 77.5 Å². The Morgan fingerprint density at radius 2 is 1.66 bits per heavy atom. The van der Waals surface area contributed by atoms with Crippen LogP contribution >= 0.6 is 0 Å². The molecule has 3 aromatic rings. The van der Waals surface area contributed by atoms with Gasteiger partial charge in [-0.3, -0.25) is 14.6 Å². The van der Waals surface area contributed by atoms with Crippen LogP contribution in [0.25, 0.3) is 11.1 Å². The van der Waals surface area contributed by atoms with E-state index in [2.05, 4.69) is 5.43 Å². The summed E-state index contributed by atoms with van der Waals surface area (Å²) in [6, 6.07) is 9.90. The van der Waals surface area contributed by atoms with Gasteiger partial charge in [0.15, 0.2) is 0 Å². The molecule has 1 saturated carbocycles. The van der Waals surface area contributed by atoms with Gasteiger partial charge in [0.05, 0.1) is 11.7 Å². The standard InChI is InChI=1S/C32H38FN3O5/c1-19-14-22(33)15-20(2)31(19)41-27-11-6-21(32(3,4)39)16-25(27)26-18-35(5)30(38)17-28(26)40-24-9-7-23(8-10-24)36-29(37)12-13-34-36/h6,11,14-18,23-24,34,39H,7-10,12-13H2,1-5H3. The smallest absolute Gasteiger partial charge is 0.254 e. The minimum atomic E-state index is -1.13. The van der Waals surface area contributed by atoms with E-state index >= 15 is 0 Å². The number of nitrogens with zero attached hydrogens (tertiary/aromatic N) is 2. The van der Waals surface area contributed by atoms with Crippen molar-refractivity contribution >= 4 is 5.91 Å². The van der Waals surface area contributed by atoms with Gasteiger partial charge in [-0.1, -0.05) is 6.07 Å². The predicted octanol–water partition coefficient (Wildman–Crippen LogP) is 5.25. The quantitative estimate of drug-likeness (QED) is 0.408. The van der Waals surface area contributed by atoms with Crippen LogP contribution < -0.4 is 20.5 Å². The molecule has 2 heterocycles. The normalized spacial score (nSPS) is 19.5. The molecule has 0 radical (unpaired) electrons. The molecule has 0 unspecified atom stereocenters. The van der Waals surface area contributed by atoms with E-state index in [0.717, 1.165) is 25.7 Å². The molecule has 8 nitrogen and oxygen atoms in total. The van der Waals surface area contributed by atoms with Crippen LogP contribution in [0.3, 0.4) is 0 Å². The molecule has 1 aliphatic heterocycles. The van der Waals surface area contributed by atoms with Crippen molar-refractivity contribution in [3.05, 3.63) is 75.5 Å². The van der Waals surface area contributed by atoms with Crippen LogP contribution in [0.4, 0.5) is 4.39 Å². The van der Waals surface area contributed by atoms with Crippen LogP contribution in [0.2, 0.25) is 0 Å². The summed E-state index contributed by atoms with van der Waals surface area (Å²) in [5.41, 5.74) is 5.09. The number of hydrazine groups is 1. The first-order valence-electron chi connectivity index (χ1n) is 14.2. The van der Waals surface area contributed by atoms with E-state index < -0.39 is 5.60 Å². The van der Waals surface area contributed by atoms with Gasteiger partial charge in [0.2, 0.25) is 5.91 Å². The zero-order chi connectivity index (χ0) is 29.5. The van der Waals surface area contributed by atoms with Crippen LogP contribution in [-0.2, 0) is 17.4 Å². The summed E-state index contributed by atoms with van der Waals surface area (Å²) in [6.07, 6.45) is 5.20. The van der Waals surface area contributed by atoms with E-state index in [9.17, 15) is 19.1 Å². The fraction of sp³-hybridized carbons (Fsp3) is 0.438. The number of aryl methyl sites for hydroxylation is 3. The maximum absolute atomic E-state index is 14.0. The maximum Gasteiger partial charge on any atom is 0.254 e. The molecule has 1 saturated heterocycles. The number of hydrogen-bond donors (Lipinski definition) is 2. The Morgan fingerprint density at radius 3 is 2.27 bits per heavy atom. The van der Waals surface area contributed by atoms with Crippen LogP contribution in [-0.4, -0.2) is 39.3 Å². The van der Waals surface area contributed by atoms with Gasteiger partial charge in [-0.2, -0.15) is 0 Å². The molecule has 0 bridgehead atoms. The Morgan fingerprint density at radius 1 is 0.976 bits per heavy atom. The molecule has 2 N–H and O–H groups in total. The second-order valence-corrected chi connectivity index (χ2v) is 11.7. The van der Waals surface area contributed by atoms with Crippen molar-refractivity contribution in [2.75, 3.05) is 6.54 Å². The van der Waals surface area contributed by atoms with Crippen molar-refractivity contribution in [1.29, 1.82) is 0 Å². The number of aromatic nitrogens is 1. The topological polar surface area (TPSA) is 93.0 Å². The highest BCUT2D eigenvalue weighted by Gasteiger charge is 2.33. The second kappa shape index (κ2) is 11.3. The number of benzene rings is 2. The third kappa shape index (κ3) is 6.16. The molecule has 1 amide bonds. The average molecular weight is 564 g/mol. The van der Waals surface area contributed by atoms with Crippen LogP contribution in [0.1, 0.15) is 62.6 Å². The van der Waals surface area contributed by atoms with Gasteiger partial charge in [-0.25, -0.2) is 9.82 Å². The zero-order valence-corrected chi connectivity index (χ0v) is 24.3. The first-order chi connectivity index (χ1) is 19.4. The van der Waals surface area contributed by atoms with Crippen molar-refractivity contribution < 1.29 is 23.8 Å². The number of pyridine rings is 1. The lowest BCUT2D eigenvalue weighted by Crippen LogP contribution is -2.46. The van der Waals surface area contributed by atoms with Gasteiger partial charge < -0.3 is 19.1 Å². The molecular weight excluding hydrogens is 525 g/mol. The van der Waals surface area contributed by atoms with E-state index in [1.165, 1.54) is 22.8 Å². The van der Waals surface area contributed by atoms with Crippen molar-refractivity contribution in [3.8, 4) is 28.4 Å². The van der Waals surface area contributed by atoms with Gasteiger partial charge in [0.1, 0.15) is 23.1 Å². The monoisotopic (exact) mass is 563 g/mol. The molecule has 1 aliphatic carbocycles. The number of carbonyl (C=O) groups excluding carboxylic acids is 1. The molecule has 2 fully saturated rings. The van der Waals surface area contributed by atoms with E-state index in [1.54, 1.807) is 58.1 Å². The molecule has 2 aliphatic rings. The largest absolute Gasteiger partial charge is 0.490 e. The third-order valence-electron chi connectivity index (χ3n) is 8.00. The number of amides is 1. The number of carbonyl (C=O) groups is 1. The zero-order valence-electron chi connectivity index (χ0n) is 24.3. The average Bonchev–Trinajstić information content (AvgIpc) is 3.34. The number of nitrogens with one attached hydrogen (secondary N) is 1. The van der Waals surface area contributed by atoms with Gasteiger partial charge in [-0.05, 0) is 94.3 Å². The minimum Gasteiger partial charge on any atom is -0.490 e. The van der Waals surface area contributed by atoms with Crippen molar-refractivity contribution in [2.24, 2.45) is 7.05 Å². The minimum absolute atomic E-state index is 0.127. The van der Waals surface area contributed by atoms with Crippen molar-refractivity contribution in [3.63, 3.8) is 0 Å². The third-order valence-corrected chi connectivity index (χ3v) is 8.00. The molecule has 2 aromatic carbocycles. The van der Waals surface area contributed by atoms with E-state index in [0.29, 0.717) is 58.0 Å².